The van der Waals surface area contributed by atoms with Crippen LogP contribution in [0.5, 0.6) is 0 Å². The van der Waals surface area contributed by atoms with Gasteiger partial charge in [0.25, 0.3) is 0 Å². The first-order valence-corrected chi connectivity index (χ1v) is 8.73. The summed E-state index contributed by atoms with van der Waals surface area (Å²) in [5.74, 6) is -0.256. The Morgan fingerprint density at radius 1 is 1.10 bits per heavy atom. The van der Waals surface area contributed by atoms with E-state index in [-0.39, 0.29) is 12.1 Å². The van der Waals surface area contributed by atoms with Crippen molar-refractivity contribution in [1.82, 2.24) is 0 Å². The summed E-state index contributed by atoms with van der Waals surface area (Å²) in [6, 6.07) is 0. The molecule has 3 nitrogen and oxygen atoms in total. The van der Waals surface area contributed by atoms with Gasteiger partial charge in [0, 0.05) is 12.0 Å². The van der Waals surface area contributed by atoms with E-state index in [0.717, 1.165) is 12.8 Å². The molecule has 1 rings (SSSR count). The van der Waals surface area contributed by atoms with Crippen LogP contribution in [0.4, 0.5) is 0 Å². The molecular weight excluding hydrogens is 264 g/mol. The second kappa shape index (κ2) is 10.8. The first-order valence-electron chi connectivity index (χ1n) is 8.73. The topological polar surface area (TPSA) is 46.5 Å². The van der Waals surface area contributed by atoms with Crippen LogP contribution < -0.4 is 0 Å². The Morgan fingerprint density at radius 3 is 2.19 bits per heavy atom. The molecule has 122 valence electrons. The van der Waals surface area contributed by atoms with E-state index in [1.807, 2.05) is 13.0 Å². The average Bonchev–Trinajstić information content (AvgIpc) is 2.75. The molecule has 2 atom stereocenters. The molecule has 0 saturated heterocycles. The van der Waals surface area contributed by atoms with Crippen molar-refractivity contribution in [1.29, 1.82) is 0 Å². The first-order chi connectivity index (χ1) is 10.1. The molecule has 1 N–H and O–H groups in total. The number of carbonyl (C=O) groups is 1. The van der Waals surface area contributed by atoms with Gasteiger partial charge in [-0.05, 0) is 19.4 Å². The van der Waals surface area contributed by atoms with Gasteiger partial charge in [-0.25, -0.2) is 4.79 Å². The Morgan fingerprint density at radius 2 is 1.67 bits per heavy atom. The minimum atomic E-state index is -0.404. The monoisotopic (exact) mass is 296 g/mol. The van der Waals surface area contributed by atoms with Crippen LogP contribution in [0.25, 0.3) is 0 Å². The molecule has 0 fully saturated rings. The number of carbonyl (C=O) groups excluding carboxylic acids is 1. The highest BCUT2D eigenvalue weighted by molar-refractivity contribution is 5.90. The predicted octanol–water partition coefficient (Wildman–Crippen LogP) is 4.53. The molecule has 0 aromatic carbocycles. The molecule has 0 radical (unpaired) electrons. The lowest BCUT2D eigenvalue weighted by Gasteiger charge is -2.09. The van der Waals surface area contributed by atoms with E-state index in [2.05, 4.69) is 6.92 Å². The van der Waals surface area contributed by atoms with E-state index in [4.69, 9.17) is 4.74 Å². The third-order valence-electron chi connectivity index (χ3n) is 4.09. The van der Waals surface area contributed by atoms with E-state index in [1.54, 1.807) is 0 Å². The van der Waals surface area contributed by atoms with Crippen molar-refractivity contribution >= 4 is 5.97 Å². The van der Waals surface area contributed by atoms with E-state index in [1.165, 1.54) is 51.4 Å². The third kappa shape index (κ3) is 8.25. The van der Waals surface area contributed by atoms with Crippen molar-refractivity contribution in [2.45, 2.75) is 96.7 Å². The van der Waals surface area contributed by atoms with Gasteiger partial charge in [-0.3, -0.25) is 0 Å². The lowest BCUT2D eigenvalue weighted by molar-refractivity contribution is -0.139. The van der Waals surface area contributed by atoms with Crippen molar-refractivity contribution in [3.8, 4) is 0 Å². The molecule has 3 heteroatoms. The molecule has 0 unspecified atom stereocenters. The molecule has 1 aliphatic rings. The van der Waals surface area contributed by atoms with Gasteiger partial charge in [-0.1, -0.05) is 64.7 Å². The zero-order valence-corrected chi connectivity index (χ0v) is 13.8. The number of unbranched alkanes of at least 4 members (excludes halogenated alkanes) is 8. The van der Waals surface area contributed by atoms with Crippen molar-refractivity contribution in [3.05, 3.63) is 11.6 Å². The number of ether oxygens (including phenoxy) is 1. The Balaban J connectivity index is 1.95. The lowest BCUT2D eigenvalue weighted by atomic mass is 10.0. The number of aliphatic hydroxyl groups is 1. The number of rotatable bonds is 12. The van der Waals surface area contributed by atoms with E-state index < -0.39 is 6.10 Å². The number of hydrogen-bond acceptors (Lipinski definition) is 3. The smallest absolute Gasteiger partial charge is 0.334 e. The zero-order chi connectivity index (χ0) is 15.5. The highest BCUT2D eigenvalue weighted by Gasteiger charge is 2.23. The van der Waals surface area contributed by atoms with Crippen LogP contribution in [0.1, 0.15) is 84.5 Å². The highest BCUT2D eigenvalue weighted by atomic mass is 16.5. The van der Waals surface area contributed by atoms with Gasteiger partial charge >= 0.3 is 5.97 Å². The standard InChI is InChI=1S/C18H32O3/c1-3-4-5-6-7-8-9-10-11-12-17(19)14-16-13-15(2)21-18(16)20/h13,15,17,19H,3-12,14H2,1-2H3/t15-,17+/m0/s1. The second-order valence-electron chi connectivity index (χ2n) is 6.28. The normalized spacial score (nSPS) is 19.5. The molecule has 0 aromatic heterocycles. The fourth-order valence-electron chi connectivity index (χ4n) is 2.83. The average molecular weight is 296 g/mol. The quantitative estimate of drug-likeness (QED) is 0.425. The summed E-state index contributed by atoms with van der Waals surface area (Å²) in [5.41, 5.74) is 0.644. The largest absolute Gasteiger partial charge is 0.455 e. The Kier molecular flexibility index (Phi) is 9.40. The number of hydrogen-bond donors (Lipinski definition) is 1. The van der Waals surface area contributed by atoms with Crippen molar-refractivity contribution in [2.24, 2.45) is 0 Å². The van der Waals surface area contributed by atoms with Gasteiger partial charge in [0.15, 0.2) is 0 Å². The zero-order valence-electron chi connectivity index (χ0n) is 13.8. The van der Waals surface area contributed by atoms with Crippen LogP contribution in [0.15, 0.2) is 11.6 Å². The first kappa shape index (κ1) is 18.2. The third-order valence-corrected chi connectivity index (χ3v) is 4.09. The summed E-state index contributed by atoms with van der Waals surface area (Å²) in [4.78, 5) is 11.4. The van der Waals surface area contributed by atoms with E-state index in [0.29, 0.717) is 12.0 Å². The minimum absolute atomic E-state index is 0.132. The molecule has 0 aromatic rings. The van der Waals surface area contributed by atoms with Crippen molar-refractivity contribution in [2.75, 3.05) is 0 Å². The summed E-state index contributed by atoms with van der Waals surface area (Å²) in [6.45, 7) is 4.09. The van der Waals surface area contributed by atoms with Crippen LogP contribution in [0, 0.1) is 0 Å². The molecule has 0 bridgehead atoms. The maximum atomic E-state index is 11.4. The molecule has 0 aliphatic carbocycles. The molecular formula is C18H32O3. The van der Waals surface area contributed by atoms with Crippen LogP contribution >= 0.6 is 0 Å². The Bertz CT molecular complexity index is 322. The Labute approximate surface area is 129 Å². The summed E-state index contributed by atoms with van der Waals surface area (Å²) in [7, 11) is 0. The van der Waals surface area contributed by atoms with Crippen LogP contribution in [-0.2, 0) is 9.53 Å². The summed E-state index contributed by atoms with van der Waals surface area (Å²) in [5, 5.41) is 9.96. The number of aliphatic hydroxyl groups excluding tert-OH is 1. The van der Waals surface area contributed by atoms with Crippen LogP contribution in [-0.4, -0.2) is 23.3 Å². The summed E-state index contributed by atoms with van der Waals surface area (Å²) >= 11 is 0. The number of esters is 1. The van der Waals surface area contributed by atoms with Crippen LogP contribution in [0.3, 0.4) is 0 Å². The van der Waals surface area contributed by atoms with Crippen molar-refractivity contribution < 1.29 is 14.6 Å². The summed E-state index contributed by atoms with van der Waals surface area (Å²) < 4.78 is 5.03. The molecule has 1 aliphatic heterocycles. The van der Waals surface area contributed by atoms with Gasteiger partial charge in [0.2, 0.25) is 0 Å². The van der Waals surface area contributed by atoms with E-state index in [9.17, 15) is 9.90 Å². The molecule has 0 spiro atoms. The fraction of sp³-hybridized carbons (Fsp3) is 0.833. The van der Waals surface area contributed by atoms with Gasteiger partial charge in [0.1, 0.15) is 6.10 Å². The predicted molar refractivity (Wildman–Crippen MR) is 86.1 cm³/mol. The van der Waals surface area contributed by atoms with E-state index >= 15 is 0 Å². The lowest BCUT2D eigenvalue weighted by Crippen LogP contribution is -2.11. The van der Waals surface area contributed by atoms with Crippen LogP contribution in [0.2, 0.25) is 0 Å². The highest BCUT2D eigenvalue weighted by Crippen LogP contribution is 2.20. The Hall–Kier alpha value is -0.830. The van der Waals surface area contributed by atoms with Gasteiger partial charge < -0.3 is 9.84 Å². The maximum absolute atomic E-state index is 11.4. The van der Waals surface area contributed by atoms with Gasteiger partial charge in [0.05, 0.1) is 6.10 Å². The molecule has 1 heterocycles. The molecule has 0 saturated carbocycles. The maximum Gasteiger partial charge on any atom is 0.334 e. The van der Waals surface area contributed by atoms with Gasteiger partial charge in [-0.2, -0.15) is 0 Å². The number of cyclic esters (lactones) is 1. The molecule has 21 heavy (non-hydrogen) atoms. The minimum Gasteiger partial charge on any atom is -0.455 e. The van der Waals surface area contributed by atoms with Gasteiger partial charge in [-0.15, -0.1) is 0 Å². The fourth-order valence-corrected chi connectivity index (χ4v) is 2.83. The SMILES string of the molecule is CCCCCCCCCCC[C@@H](O)CC1=C[C@H](C)OC1=O. The van der Waals surface area contributed by atoms with Crippen molar-refractivity contribution in [3.63, 3.8) is 0 Å². The second-order valence-corrected chi connectivity index (χ2v) is 6.28. The molecule has 0 amide bonds. The summed E-state index contributed by atoms with van der Waals surface area (Å²) in [6.07, 6.45) is 14.1.